The van der Waals surface area contributed by atoms with E-state index in [1.807, 2.05) is 0 Å². The molecule has 9 atom stereocenters. The van der Waals surface area contributed by atoms with Crippen molar-refractivity contribution in [3.63, 3.8) is 0 Å². The third-order valence-electron chi connectivity index (χ3n) is 11.6. The van der Waals surface area contributed by atoms with E-state index < -0.39 is 72.6 Å². The van der Waals surface area contributed by atoms with E-state index >= 15 is 0 Å². The van der Waals surface area contributed by atoms with E-state index in [1.165, 1.54) is 83.5 Å². The Hall–Kier alpha value is -0.120. The molecule has 2 bridgehead atoms. The smallest absolute Gasteiger partial charge is 0.186 e. The molecule has 1 unspecified atom stereocenters. The monoisotopic (exact) mass is 752 g/mol. The Balaban J connectivity index is 1.32. The minimum Gasteiger partial charge on any atom is -0.598 e. The van der Waals surface area contributed by atoms with Crippen LogP contribution in [0.5, 0.6) is 0 Å². The molecule has 1 aliphatic heterocycles. The van der Waals surface area contributed by atoms with Crippen molar-refractivity contribution in [1.29, 1.82) is 0 Å². The topological polar surface area (TPSA) is 175 Å². The Labute approximate surface area is 311 Å². The molecule has 4 rings (SSSR count). The van der Waals surface area contributed by atoms with Crippen molar-refractivity contribution in [2.75, 3.05) is 19.0 Å². The van der Waals surface area contributed by atoms with Crippen molar-refractivity contribution in [3.05, 3.63) is 0 Å². The first-order valence-electron chi connectivity index (χ1n) is 20.6. The minimum atomic E-state index is -1.61. The molecule has 3 saturated carbocycles. The van der Waals surface area contributed by atoms with Crippen LogP contribution < -0.4 is 4.72 Å². The maximum Gasteiger partial charge on any atom is 0.186 e. The lowest BCUT2D eigenvalue weighted by molar-refractivity contribution is -0.303. The number of aliphatic hydroxyl groups excluding tert-OH is 6. The molecule has 51 heavy (non-hydrogen) atoms. The molecule has 0 amide bonds. The molecule has 0 aromatic heterocycles. The maximum atomic E-state index is 13.7. The highest BCUT2D eigenvalue weighted by Gasteiger charge is 2.68. The number of ether oxygens (including phenoxy) is 2. The van der Waals surface area contributed by atoms with E-state index in [2.05, 4.69) is 11.6 Å². The van der Waals surface area contributed by atoms with Gasteiger partial charge in [0.05, 0.1) is 19.3 Å². The first-order valence-corrected chi connectivity index (χ1v) is 22.0. The van der Waals surface area contributed by atoms with Crippen LogP contribution in [0.2, 0.25) is 0 Å². The molecule has 0 spiro atoms. The van der Waals surface area contributed by atoms with E-state index in [-0.39, 0.29) is 6.61 Å². The van der Waals surface area contributed by atoms with Crippen molar-refractivity contribution < 1.29 is 49.1 Å². The summed E-state index contributed by atoms with van der Waals surface area (Å²) in [5, 5.41) is 62.1. The van der Waals surface area contributed by atoms with Gasteiger partial charge in [-0.15, -0.1) is 4.72 Å². The fourth-order valence-electron chi connectivity index (χ4n) is 8.39. The fourth-order valence-corrected chi connectivity index (χ4v) is 9.52. The summed E-state index contributed by atoms with van der Waals surface area (Å²) in [5.74, 6) is 0.371. The van der Waals surface area contributed by atoms with Crippen LogP contribution in [0, 0.1) is 5.41 Å². The van der Waals surface area contributed by atoms with E-state index in [0.29, 0.717) is 17.6 Å². The highest BCUT2D eigenvalue weighted by atomic mass is 32.2. The summed E-state index contributed by atoms with van der Waals surface area (Å²) in [5.41, 5.74) is -0.446. The molecule has 0 aromatic rings. The Morgan fingerprint density at radius 3 is 1.80 bits per heavy atom. The van der Waals surface area contributed by atoms with Gasteiger partial charge in [-0.1, -0.05) is 122 Å². The van der Waals surface area contributed by atoms with Gasteiger partial charge in [0.1, 0.15) is 48.0 Å². The van der Waals surface area contributed by atoms with Gasteiger partial charge in [-0.3, -0.25) is 0 Å². The zero-order valence-electron chi connectivity index (χ0n) is 31.6. The SMILES string of the molecule is CCCCCCCCCCCCCC[C@@H](O)[C@@H](O)[C@H](CO[C@H]1O[C@H](CO)[C@H](O)[C@H](O)[C@H]1O)N[S+]([O-])CCCCCCCCCCC12CC(F)(C1)C2. The van der Waals surface area contributed by atoms with Gasteiger partial charge in [0.15, 0.2) is 6.29 Å². The molecule has 0 aromatic carbocycles. The van der Waals surface area contributed by atoms with Crippen molar-refractivity contribution in [3.8, 4) is 0 Å². The number of halogens is 1. The molecule has 4 aliphatic rings. The lowest BCUT2D eigenvalue weighted by atomic mass is 9.41. The van der Waals surface area contributed by atoms with Gasteiger partial charge >= 0.3 is 0 Å². The fraction of sp³-hybridized carbons (Fsp3) is 1.00. The molecular weight excluding hydrogens is 677 g/mol. The van der Waals surface area contributed by atoms with E-state index in [0.717, 1.165) is 70.6 Å². The first-order chi connectivity index (χ1) is 24.5. The number of aliphatic hydroxyl groups is 6. The number of rotatable bonds is 32. The normalized spacial score (nSPS) is 31.1. The summed E-state index contributed by atoms with van der Waals surface area (Å²) in [6, 6.07) is -0.953. The van der Waals surface area contributed by atoms with Crippen molar-refractivity contribution >= 4 is 11.4 Å². The predicted molar refractivity (Wildman–Crippen MR) is 199 cm³/mol. The molecule has 12 heteroatoms. The Morgan fingerprint density at radius 1 is 0.765 bits per heavy atom. The zero-order valence-corrected chi connectivity index (χ0v) is 32.4. The van der Waals surface area contributed by atoms with Crippen molar-refractivity contribution in [2.45, 2.75) is 222 Å². The minimum absolute atomic E-state index is 0.291. The molecule has 10 nitrogen and oxygen atoms in total. The number of alkyl halides is 1. The Kier molecular flexibility index (Phi) is 21.7. The van der Waals surface area contributed by atoms with E-state index in [1.54, 1.807) is 0 Å². The lowest BCUT2D eigenvalue weighted by Gasteiger charge is -2.66. The first kappa shape index (κ1) is 45.3. The summed E-state index contributed by atoms with van der Waals surface area (Å²) in [6.45, 7) is 1.34. The van der Waals surface area contributed by atoms with Crippen LogP contribution >= 0.6 is 0 Å². The molecule has 7 N–H and O–H groups in total. The van der Waals surface area contributed by atoms with Crippen LogP contribution in [-0.2, 0) is 20.8 Å². The predicted octanol–water partition coefficient (Wildman–Crippen LogP) is 5.64. The molecule has 1 saturated heterocycles. The van der Waals surface area contributed by atoms with Crippen LogP contribution in [0.15, 0.2) is 0 Å². The van der Waals surface area contributed by atoms with Gasteiger partial charge in [-0.2, -0.15) is 0 Å². The lowest BCUT2D eigenvalue weighted by Crippen LogP contribution is -2.64. The maximum absolute atomic E-state index is 13.7. The van der Waals surface area contributed by atoms with Crippen LogP contribution in [0.4, 0.5) is 4.39 Å². The molecule has 4 fully saturated rings. The van der Waals surface area contributed by atoms with Gasteiger partial charge in [0.2, 0.25) is 0 Å². The summed E-state index contributed by atoms with van der Waals surface area (Å²) in [7, 11) is 0. The highest BCUT2D eigenvalue weighted by molar-refractivity contribution is 7.89. The van der Waals surface area contributed by atoms with Crippen molar-refractivity contribution in [1.82, 2.24) is 4.72 Å². The van der Waals surface area contributed by atoms with Crippen LogP contribution in [0.3, 0.4) is 0 Å². The molecule has 0 radical (unpaired) electrons. The number of unbranched alkanes of at least 4 members (excludes halogenated alkanes) is 18. The van der Waals surface area contributed by atoms with Gasteiger partial charge in [-0.25, -0.2) is 4.39 Å². The molecule has 302 valence electrons. The van der Waals surface area contributed by atoms with Crippen molar-refractivity contribution in [2.24, 2.45) is 5.41 Å². The quantitative estimate of drug-likeness (QED) is 0.0337. The molecule has 3 aliphatic carbocycles. The van der Waals surface area contributed by atoms with Crippen LogP contribution in [0.25, 0.3) is 0 Å². The van der Waals surface area contributed by atoms with E-state index in [4.69, 9.17) is 9.47 Å². The van der Waals surface area contributed by atoms with E-state index in [9.17, 15) is 39.6 Å². The molecular formula is C39H74FNO9S. The van der Waals surface area contributed by atoms with Crippen LogP contribution in [-0.4, -0.2) is 109 Å². The highest BCUT2D eigenvalue weighted by Crippen LogP contribution is 2.71. The van der Waals surface area contributed by atoms with Gasteiger partial charge < -0.3 is 44.7 Å². The largest absolute Gasteiger partial charge is 0.598 e. The number of nitrogens with one attached hydrogen (secondary N) is 1. The third kappa shape index (κ3) is 15.9. The number of hydrogen-bond donors (Lipinski definition) is 7. The van der Waals surface area contributed by atoms with Gasteiger partial charge in [-0.05, 0) is 50.4 Å². The van der Waals surface area contributed by atoms with Gasteiger partial charge in [0, 0.05) is 11.4 Å². The summed E-state index contributed by atoms with van der Waals surface area (Å²) >= 11 is -1.51. The third-order valence-corrected chi connectivity index (χ3v) is 12.8. The Morgan fingerprint density at radius 2 is 1.27 bits per heavy atom. The average molecular weight is 752 g/mol. The summed E-state index contributed by atoms with van der Waals surface area (Å²) in [4.78, 5) is 0. The number of hydrogen-bond acceptors (Lipinski definition) is 10. The second-order valence-electron chi connectivity index (χ2n) is 16.3. The van der Waals surface area contributed by atoms with Gasteiger partial charge in [0.25, 0.3) is 0 Å². The summed E-state index contributed by atoms with van der Waals surface area (Å²) in [6.07, 6.45) is 17.2. The second kappa shape index (κ2) is 24.4. The standard InChI is InChI=1S/C39H74FNO9S/c1-2-3-4-5-6-7-8-9-10-13-16-19-22-31(43)33(44)30(26-49-37-36(47)35(46)34(45)32(25-42)50-37)41-51(48)24-21-18-15-12-11-14-17-20-23-38-27-39(40,28-38)29-38/h30-37,41-47H,2-29H2,1H3/t30-,31+,32+,33-,34-,35-,36+,37-,38?,39?,51?/m0/s1. The second-order valence-corrected chi connectivity index (χ2v) is 17.6. The Bertz CT molecular complexity index is 887. The zero-order chi connectivity index (χ0) is 37.1. The molecule has 1 heterocycles. The average Bonchev–Trinajstić information content (AvgIpc) is 3.09. The van der Waals surface area contributed by atoms with Crippen LogP contribution in [0.1, 0.15) is 167 Å². The summed E-state index contributed by atoms with van der Waals surface area (Å²) < 4.78 is 40.8.